The average Bonchev–Trinajstić information content (AvgIpc) is 3.25. The van der Waals surface area contributed by atoms with Gasteiger partial charge in [0, 0.05) is 24.8 Å². The van der Waals surface area contributed by atoms with Crippen LogP contribution in [0, 0.1) is 11.8 Å². The summed E-state index contributed by atoms with van der Waals surface area (Å²) in [7, 11) is 0. The molecule has 0 spiro atoms. The Balaban J connectivity index is 1.88. The van der Waals surface area contributed by atoms with E-state index in [0.29, 0.717) is 24.3 Å². The van der Waals surface area contributed by atoms with Crippen LogP contribution >= 0.6 is 0 Å². The van der Waals surface area contributed by atoms with Gasteiger partial charge in [-0.2, -0.15) is 0 Å². The van der Waals surface area contributed by atoms with E-state index in [2.05, 4.69) is 16.0 Å². The molecule has 0 heterocycles. The van der Waals surface area contributed by atoms with Crippen molar-refractivity contribution >= 4 is 29.1 Å². The molecule has 6 heteroatoms. The van der Waals surface area contributed by atoms with E-state index in [9.17, 15) is 14.4 Å². The zero-order valence-corrected chi connectivity index (χ0v) is 12.8. The van der Waals surface area contributed by atoms with E-state index in [0.717, 1.165) is 6.42 Å². The number of hydrogen-bond acceptors (Lipinski definition) is 3. The fraction of sp³-hybridized carbons (Fsp3) is 0.438. The molecule has 2 rings (SSSR count). The first-order chi connectivity index (χ1) is 10.5. The second kappa shape index (κ2) is 7.06. The first-order valence-electron chi connectivity index (χ1n) is 7.47. The fourth-order valence-electron chi connectivity index (χ4n) is 2.27. The quantitative estimate of drug-likeness (QED) is 0.748. The first kappa shape index (κ1) is 16.0. The van der Waals surface area contributed by atoms with Crippen molar-refractivity contribution in [3.05, 3.63) is 24.3 Å². The Labute approximate surface area is 129 Å². The number of nitrogens with one attached hydrogen (secondary N) is 3. The van der Waals surface area contributed by atoms with Gasteiger partial charge in [0.25, 0.3) is 0 Å². The lowest BCUT2D eigenvalue weighted by molar-refractivity contribution is -0.125. The van der Waals surface area contributed by atoms with Gasteiger partial charge in [-0.25, -0.2) is 0 Å². The minimum atomic E-state index is -0.263. The standard InChI is InChI=1S/C16H21N3O3/c1-3-7-17-15(21)13-9-14(13)16(22)19-12-6-4-5-11(8-12)18-10(2)20/h4-6,8,13-14H,3,7,9H2,1-2H3,(H,17,21)(H,18,20)(H,19,22). The van der Waals surface area contributed by atoms with Crippen LogP contribution in [0.5, 0.6) is 0 Å². The summed E-state index contributed by atoms with van der Waals surface area (Å²) in [4.78, 5) is 34.9. The molecule has 1 aromatic rings. The highest BCUT2D eigenvalue weighted by molar-refractivity contribution is 6.00. The maximum atomic E-state index is 12.1. The van der Waals surface area contributed by atoms with E-state index in [4.69, 9.17) is 0 Å². The average molecular weight is 303 g/mol. The number of amides is 3. The number of rotatable bonds is 6. The molecule has 6 nitrogen and oxygen atoms in total. The molecule has 0 radical (unpaired) electrons. The summed E-state index contributed by atoms with van der Waals surface area (Å²) in [6.07, 6.45) is 1.47. The zero-order chi connectivity index (χ0) is 16.1. The number of benzene rings is 1. The lowest BCUT2D eigenvalue weighted by Gasteiger charge is -2.08. The van der Waals surface area contributed by atoms with Crippen LogP contribution in [0.3, 0.4) is 0 Å². The molecule has 0 saturated heterocycles. The van der Waals surface area contributed by atoms with Crippen LogP contribution in [0.1, 0.15) is 26.7 Å². The van der Waals surface area contributed by atoms with E-state index in [1.807, 2.05) is 6.92 Å². The molecule has 1 aromatic carbocycles. The van der Waals surface area contributed by atoms with Gasteiger partial charge in [-0.15, -0.1) is 0 Å². The van der Waals surface area contributed by atoms with Crippen LogP contribution < -0.4 is 16.0 Å². The van der Waals surface area contributed by atoms with Crippen molar-refractivity contribution in [3.8, 4) is 0 Å². The molecule has 118 valence electrons. The summed E-state index contributed by atoms with van der Waals surface area (Å²) in [5, 5.41) is 8.25. The van der Waals surface area contributed by atoms with Gasteiger partial charge in [0.2, 0.25) is 17.7 Å². The van der Waals surface area contributed by atoms with Gasteiger partial charge in [0.05, 0.1) is 11.8 Å². The van der Waals surface area contributed by atoms with Crippen LogP contribution in [-0.2, 0) is 14.4 Å². The summed E-state index contributed by atoms with van der Waals surface area (Å²) in [6, 6.07) is 6.93. The Morgan fingerprint density at radius 3 is 2.36 bits per heavy atom. The summed E-state index contributed by atoms with van der Waals surface area (Å²) in [5.41, 5.74) is 1.23. The van der Waals surface area contributed by atoms with Crippen molar-refractivity contribution in [1.82, 2.24) is 5.32 Å². The molecule has 0 aromatic heterocycles. The number of hydrogen-bond donors (Lipinski definition) is 3. The minimum absolute atomic E-state index is 0.0472. The molecule has 1 aliphatic rings. The number of anilines is 2. The van der Waals surface area contributed by atoms with Crippen molar-refractivity contribution < 1.29 is 14.4 Å². The predicted octanol–water partition coefficient (Wildman–Crippen LogP) is 1.75. The van der Waals surface area contributed by atoms with E-state index >= 15 is 0 Å². The van der Waals surface area contributed by atoms with Gasteiger partial charge in [0.1, 0.15) is 0 Å². The van der Waals surface area contributed by atoms with E-state index in [1.54, 1.807) is 24.3 Å². The van der Waals surface area contributed by atoms with Gasteiger partial charge in [-0.05, 0) is 31.0 Å². The monoisotopic (exact) mass is 303 g/mol. The molecule has 0 bridgehead atoms. The van der Waals surface area contributed by atoms with Gasteiger partial charge < -0.3 is 16.0 Å². The molecular weight excluding hydrogens is 282 g/mol. The van der Waals surface area contributed by atoms with E-state index in [1.165, 1.54) is 6.92 Å². The normalized spacial score (nSPS) is 19.2. The lowest BCUT2D eigenvalue weighted by atomic mass is 10.2. The maximum Gasteiger partial charge on any atom is 0.228 e. The predicted molar refractivity (Wildman–Crippen MR) is 84.3 cm³/mol. The van der Waals surface area contributed by atoms with Crippen molar-refractivity contribution in [2.24, 2.45) is 11.8 Å². The molecule has 2 unspecified atom stereocenters. The smallest absolute Gasteiger partial charge is 0.228 e. The van der Waals surface area contributed by atoms with Crippen LogP contribution in [0.25, 0.3) is 0 Å². The van der Waals surface area contributed by atoms with Crippen molar-refractivity contribution in [2.75, 3.05) is 17.2 Å². The summed E-state index contributed by atoms with van der Waals surface area (Å²) in [6.45, 7) is 4.05. The van der Waals surface area contributed by atoms with Crippen LogP contribution in [0.4, 0.5) is 11.4 Å². The molecule has 3 amide bonds. The molecule has 1 aliphatic carbocycles. The lowest BCUT2D eigenvalue weighted by Crippen LogP contribution is -2.28. The van der Waals surface area contributed by atoms with Crippen LogP contribution in [0.2, 0.25) is 0 Å². The number of carbonyl (C=O) groups excluding carboxylic acids is 3. The van der Waals surface area contributed by atoms with Crippen LogP contribution in [-0.4, -0.2) is 24.3 Å². The van der Waals surface area contributed by atoms with Crippen molar-refractivity contribution in [3.63, 3.8) is 0 Å². The van der Waals surface area contributed by atoms with Gasteiger partial charge >= 0.3 is 0 Å². The molecular formula is C16H21N3O3. The highest BCUT2D eigenvalue weighted by atomic mass is 16.2. The summed E-state index contributed by atoms with van der Waals surface area (Å²) < 4.78 is 0. The second-order valence-electron chi connectivity index (χ2n) is 5.49. The fourth-order valence-corrected chi connectivity index (χ4v) is 2.27. The third kappa shape index (κ3) is 4.31. The Kier molecular flexibility index (Phi) is 5.14. The third-order valence-corrected chi connectivity index (χ3v) is 3.46. The first-order valence-corrected chi connectivity index (χ1v) is 7.47. The number of carbonyl (C=O) groups is 3. The van der Waals surface area contributed by atoms with Gasteiger partial charge in [-0.1, -0.05) is 13.0 Å². The minimum Gasteiger partial charge on any atom is -0.356 e. The van der Waals surface area contributed by atoms with Gasteiger partial charge in [-0.3, -0.25) is 14.4 Å². The maximum absolute atomic E-state index is 12.1. The Bertz CT molecular complexity index is 586. The molecule has 2 atom stereocenters. The van der Waals surface area contributed by atoms with Gasteiger partial charge in [0.15, 0.2) is 0 Å². The molecule has 1 fully saturated rings. The highest BCUT2D eigenvalue weighted by Crippen LogP contribution is 2.39. The highest BCUT2D eigenvalue weighted by Gasteiger charge is 2.47. The summed E-state index contributed by atoms with van der Waals surface area (Å²) in [5.74, 6) is -0.852. The Morgan fingerprint density at radius 1 is 1.09 bits per heavy atom. The molecule has 22 heavy (non-hydrogen) atoms. The topological polar surface area (TPSA) is 87.3 Å². The zero-order valence-electron chi connectivity index (χ0n) is 12.8. The molecule has 3 N–H and O–H groups in total. The largest absolute Gasteiger partial charge is 0.356 e. The third-order valence-electron chi connectivity index (χ3n) is 3.46. The van der Waals surface area contributed by atoms with Crippen molar-refractivity contribution in [2.45, 2.75) is 26.7 Å². The van der Waals surface area contributed by atoms with Crippen molar-refractivity contribution in [1.29, 1.82) is 0 Å². The molecule has 0 aliphatic heterocycles. The Morgan fingerprint density at radius 2 is 1.73 bits per heavy atom. The second-order valence-corrected chi connectivity index (χ2v) is 5.49. The SMILES string of the molecule is CCCNC(=O)C1CC1C(=O)Nc1cccc(NC(C)=O)c1. The summed E-state index contributed by atoms with van der Waals surface area (Å²) >= 11 is 0. The Hall–Kier alpha value is -2.37. The van der Waals surface area contributed by atoms with E-state index < -0.39 is 0 Å². The molecule has 1 saturated carbocycles. The van der Waals surface area contributed by atoms with E-state index in [-0.39, 0.29) is 29.6 Å². The van der Waals surface area contributed by atoms with Crippen LogP contribution in [0.15, 0.2) is 24.3 Å².